The van der Waals surface area contributed by atoms with Crippen molar-refractivity contribution in [2.75, 3.05) is 26.7 Å². The van der Waals surface area contributed by atoms with Crippen molar-refractivity contribution in [3.05, 3.63) is 0 Å². The zero-order chi connectivity index (χ0) is 8.97. The van der Waals surface area contributed by atoms with E-state index in [2.05, 4.69) is 11.9 Å². The second-order valence-corrected chi connectivity index (χ2v) is 3.84. The molecule has 0 aromatic rings. The monoisotopic (exact) mass is 172 g/mol. The Hall–Kier alpha value is -0.120. The molecule has 0 radical (unpaired) electrons. The summed E-state index contributed by atoms with van der Waals surface area (Å²) in [7, 11) is 2.14. The van der Waals surface area contributed by atoms with Crippen LogP contribution in [-0.2, 0) is 4.74 Å². The molecule has 3 nitrogen and oxygen atoms in total. The van der Waals surface area contributed by atoms with Crippen molar-refractivity contribution < 1.29 is 4.74 Å². The van der Waals surface area contributed by atoms with Crippen LogP contribution in [-0.4, -0.2) is 43.8 Å². The summed E-state index contributed by atoms with van der Waals surface area (Å²) in [6.45, 7) is 4.94. The van der Waals surface area contributed by atoms with Crippen molar-refractivity contribution >= 4 is 0 Å². The first-order valence-electron chi connectivity index (χ1n) is 4.74. The summed E-state index contributed by atoms with van der Waals surface area (Å²) in [6.07, 6.45) is 2.85. The smallest absolute Gasteiger partial charge is 0.0703 e. The minimum Gasteiger partial charge on any atom is -0.375 e. The first-order valence-corrected chi connectivity index (χ1v) is 4.74. The van der Waals surface area contributed by atoms with Crippen LogP contribution in [0.5, 0.6) is 0 Å². The van der Waals surface area contributed by atoms with Crippen molar-refractivity contribution in [3.63, 3.8) is 0 Å². The number of hydrogen-bond acceptors (Lipinski definition) is 3. The SMILES string of the molecule is CC(N)COC1CCCN(C)C1. The van der Waals surface area contributed by atoms with Crippen molar-refractivity contribution in [3.8, 4) is 0 Å². The molecule has 0 aliphatic carbocycles. The molecule has 0 amide bonds. The molecule has 1 heterocycles. The Labute approximate surface area is 74.9 Å². The first-order chi connectivity index (χ1) is 5.68. The van der Waals surface area contributed by atoms with Crippen LogP contribution in [0.4, 0.5) is 0 Å². The van der Waals surface area contributed by atoms with Gasteiger partial charge in [-0.3, -0.25) is 0 Å². The molecular weight excluding hydrogens is 152 g/mol. The number of nitrogens with two attached hydrogens (primary N) is 1. The van der Waals surface area contributed by atoms with E-state index in [0.29, 0.717) is 12.7 Å². The normalized spacial score (nSPS) is 28.8. The van der Waals surface area contributed by atoms with Crippen molar-refractivity contribution in [1.29, 1.82) is 0 Å². The number of hydrogen-bond donors (Lipinski definition) is 1. The van der Waals surface area contributed by atoms with Crippen molar-refractivity contribution in [1.82, 2.24) is 4.90 Å². The molecule has 72 valence electrons. The standard InChI is InChI=1S/C9H20N2O/c1-8(10)7-12-9-4-3-5-11(2)6-9/h8-9H,3-7,10H2,1-2H3. The van der Waals surface area contributed by atoms with Gasteiger partial charge in [-0.15, -0.1) is 0 Å². The summed E-state index contributed by atoms with van der Waals surface area (Å²) < 4.78 is 5.65. The molecule has 1 rings (SSSR count). The quantitative estimate of drug-likeness (QED) is 0.671. The average Bonchev–Trinajstić information content (AvgIpc) is 2.01. The van der Waals surface area contributed by atoms with Crippen molar-refractivity contribution in [2.45, 2.75) is 31.9 Å². The summed E-state index contributed by atoms with van der Waals surface area (Å²) in [5.74, 6) is 0. The van der Waals surface area contributed by atoms with Gasteiger partial charge in [0, 0.05) is 12.6 Å². The van der Waals surface area contributed by atoms with Gasteiger partial charge in [0.15, 0.2) is 0 Å². The van der Waals surface area contributed by atoms with Gasteiger partial charge in [-0.1, -0.05) is 0 Å². The highest BCUT2D eigenvalue weighted by Crippen LogP contribution is 2.11. The van der Waals surface area contributed by atoms with Crippen LogP contribution >= 0.6 is 0 Å². The van der Waals surface area contributed by atoms with Crippen LogP contribution in [0, 0.1) is 0 Å². The fourth-order valence-corrected chi connectivity index (χ4v) is 1.54. The minimum atomic E-state index is 0.164. The van der Waals surface area contributed by atoms with E-state index in [0.717, 1.165) is 6.54 Å². The van der Waals surface area contributed by atoms with E-state index in [4.69, 9.17) is 10.5 Å². The van der Waals surface area contributed by atoms with Crippen molar-refractivity contribution in [2.24, 2.45) is 5.73 Å². The van der Waals surface area contributed by atoms with E-state index in [1.54, 1.807) is 0 Å². The topological polar surface area (TPSA) is 38.5 Å². The lowest BCUT2D eigenvalue weighted by molar-refractivity contribution is 0.00211. The third kappa shape index (κ3) is 3.52. The molecule has 0 spiro atoms. The molecule has 0 saturated carbocycles. The van der Waals surface area contributed by atoms with E-state index in [-0.39, 0.29) is 6.04 Å². The predicted molar refractivity (Wildman–Crippen MR) is 50.1 cm³/mol. The Morgan fingerprint density at radius 1 is 1.67 bits per heavy atom. The first kappa shape index (κ1) is 9.96. The molecule has 1 aliphatic heterocycles. The number of ether oxygens (including phenoxy) is 1. The number of rotatable bonds is 3. The molecule has 0 bridgehead atoms. The third-order valence-corrected chi connectivity index (χ3v) is 2.18. The number of nitrogens with zero attached hydrogens (tertiary/aromatic N) is 1. The molecule has 2 atom stereocenters. The van der Waals surface area contributed by atoms with Gasteiger partial charge < -0.3 is 15.4 Å². The lowest BCUT2D eigenvalue weighted by atomic mass is 10.1. The molecule has 0 aromatic carbocycles. The summed E-state index contributed by atoms with van der Waals surface area (Å²) in [5, 5.41) is 0. The highest BCUT2D eigenvalue weighted by Gasteiger charge is 2.17. The molecule has 1 saturated heterocycles. The van der Waals surface area contributed by atoms with Crippen LogP contribution in [0.3, 0.4) is 0 Å². The van der Waals surface area contributed by atoms with Gasteiger partial charge in [0.2, 0.25) is 0 Å². The van der Waals surface area contributed by atoms with Gasteiger partial charge in [0.25, 0.3) is 0 Å². The zero-order valence-corrected chi connectivity index (χ0v) is 8.12. The Morgan fingerprint density at radius 2 is 2.42 bits per heavy atom. The summed E-state index contributed by atoms with van der Waals surface area (Å²) in [5.41, 5.74) is 5.61. The summed E-state index contributed by atoms with van der Waals surface area (Å²) >= 11 is 0. The fraction of sp³-hybridized carbons (Fsp3) is 1.00. The van der Waals surface area contributed by atoms with E-state index in [1.807, 2.05) is 6.92 Å². The highest BCUT2D eigenvalue weighted by atomic mass is 16.5. The molecule has 2 unspecified atom stereocenters. The Bertz CT molecular complexity index is 128. The van der Waals surface area contributed by atoms with E-state index >= 15 is 0 Å². The Kier molecular flexibility index (Phi) is 3.98. The largest absolute Gasteiger partial charge is 0.375 e. The summed E-state index contributed by atoms with van der Waals surface area (Å²) in [4.78, 5) is 2.31. The molecule has 3 heteroatoms. The number of piperidine rings is 1. The molecule has 1 fully saturated rings. The Balaban J connectivity index is 2.14. The van der Waals surface area contributed by atoms with E-state index in [1.165, 1.54) is 19.4 Å². The van der Waals surface area contributed by atoms with Crippen LogP contribution in [0.25, 0.3) is 0 Å². The average molecular weight is 172 g/mol. The van der Waals surface area contributed by atoms with Gasteiger partial charge in [-0.25, -0.2) is 0 Å². The van der Waals surface area contributed by atoms with Crippen LogP contribution in [0.1, 0.15) is 19.8 Å². The maximum absolute atomic E-state index is 5.65. The Morgan fingerprint density at radius 3 is 3.00 bits per heavy atom. The van der Waals surface area contributed by atoms with Gasteiger partial charge in [0.05, 0.1) is 12.7 Å². The predicted octanol–water partition coefficient (Wildman–Crippen LogP) is 0.444. The van der Waals surface area contributed by atoms with Crippen LogP contribution in [0.15, 0.2) is 0 Å². The maximum atomic E-state index is 5.65. The second-order valence-electron chi connectivity index (χ2n) is 3.84. The van der Waals surface area contributed by atoms with E-state index < -0.39 is 0 Å². The van der Waals surface area contributed by atoms with Gasteiger partial charge in [-0.05, 0) is 33.4 Å². The van der Waals surface area contributed by atoms with Gasteiger partial charge in [0.1, 0.15) is 0 Å². The van der Waals surface area contributed by atoms with Gasteiger partial charge >= 0.3 is 0 Å². The molecule has 1 aliphatic rings. The molecule has 12 heavy (non-hydrogen) atoms. The van der Waals surface area contributed by atoms with Crippen LogP contribution in [0.2, 0.25) is 0 Å². The van der Waals surface area contributed by atoms with Crippen LogP contribution < -0.4 is 5.73 Å². The molecule has 2 N–H and O–H groups in total. The summed E-state index contributed by atoms with van der Waals surface area (Å²) in [6, 6.07) is 0.164. The molecule has 0 aromatic heterocycles. The highest BCUT2D eigenvalue weighted by molar-refractivity contribution is 4.70. The minimum absolute atomic E-state index is 0.164. The fourth-order valence-electron chi connectivity index (χ4n) is 1.54. The maximum Gasteiger partial charge on any atom is 0.0703 e. The number of likely N-dealkylation sites (N-methyl/N-ethyl adjacent to an activating group) is 1. The second kappa shape index (κ2) is 4.80. The number of likely N-dealkylation sites (tertiary alicyclic amines) is 1. The van der Waals surface area contributed by atoms with E-state index in [9.17, 15) is 0 Å². The molecular formula is C9H20N2O. The lowest BCUT2D eigenvalue weighted by Crippen LogP contribution is -2.38. The van der Waals surface area contributed by atoms with Gasteiger partial charge in [-0.2, -0.15) is 0 Å². The zero-order valence-electron chi connectivity index (χ0n) is 8.12. The third-order valence-electron chi connectivity index (χ3n) is 2.18. The lowest BCUT2D eigenvalue weighted by Gasteiger charge is -2.30.